The molecule has 3 rings (SSSR count). The molecular formula is C18H18N2O3S. The predicted octanol–water partition coefficient (Wildman–Crippen LogP) is 3.78. The summed E-state index contributed by atoms with van der Waals surface area (Å²) in [6.45, 7) is 2.45. The SMILES string of the molecule is Cc1ccc(-c2nc(C(=O)NCCCc3ccc(O)cc3)cs2)o1. The zero-order valence-corrected chi connectivity index (χ0v) is 14.1. The molecule has 0 fully saturated rings. The first kappa shape index (κ1) is 16.3. The Morgan fingerprint density at radius 2 is 2.04 bits per heavy atom. The molecule has 0 aliphatic carbocycles. The van der Waals surface area contributed by atoms with E-state index in [9.17, 15) is 9.90 Å². The van der Waals surface area contributed by atoms with E-state index in [4.69, 9.17) is 4.42 Å². The van der Waals surface area contributed by atoms with Crippen molar-refractivity contribution in [3.8, 4) is 16.5 Å². The second-order valence-electron chi connectivity index (χ2n) is 5.47. The lowest BCUT2D eigenvalue weighted by Gasteiger charge is -2.04. The maximum atomic E-state index is 12.1. The van der Waals surface area contributed by atoms with Crippen LogP contribution in [0.1, 0.15) is 28.2 Å². The van der Waals surface area contributed by atoms with Crippen LogP contribution < -0.4 is 5.32 Å². The van der Waals surface area contributed by atoms with E-state index in [2.05, 4.69) is 10.3 Å². The Hall–Kier alpha value is -2.60. The van der Waals surface area contributed by atoms with Gasteiger partial charge in [0.1, 0.15) is 17.2 Å². The average molecular weight is 342 g/mol. The maximum Gasteiger partial charge on any atom is 0.270 e. The molecule has 0 atom stereocenters. The number of aryl methyl sites for hydroxylation is 2. The summed E-state index contributed by atoms with van der Waals surface area (Å²) in [7, 11) is 0. The number of nitrogens with one attached hydrogen (secondary N) is 1. The van der Waals surface area contributed by atoms with Crippen molar-refractivity contribution in [3.05, 3.63) is 58.8 Å². The Morgan fingerprint density at radius 3 is 2.75 bits per heavy atom. The van der Waals surface area contributed by atoms with Gasteiger partial charge in [-0.25, -0.2) is 4.98 Å². The van der Waals surface area contributed by atoms with E-state index < -0.39 is 0 Å². The number of nitrogens with zero attached hydrogens (tertiary/aromatic N) is 1. The largest absolute Gasteiger partial charge is 0.508 e. The van der Waals surface area contributed by atoms with Crippen molar-refractivity contribution in [2.45, 2.75) is 19.8 Å². The van der Waals surface area contributed by atoms with E-state index in [1.165, 1.54) is 11.3 Å². The summed E-state index contributed by atoms with van der Waals surface area (Å²) in [5, 5.41) is 14.6. The molecule has 0 spiro atoms. The number of hydrogen-bond donors (Lipinski definition) is 2. The molecule has 0 bridgehead atoms. The van der Waals surface area contributed by atoms with Gasteiger partial charge in [0, 0.05) is 11.9 Å². The predicted molar refractivity (Wildman–Crippen MR) is 93.3 cm³/mol. The number of hydrogen-bond acceptors (Lipinski definition) is 5. The van der Waals surface area contributed by atoms with Crippen molar-refractivity contribution in [3.63, 3.8) is 0 Å². The zero-order valence-electron chi connectivity index (χ0n) is 13.3. The smallest absolute Gasteiger partial charge is 0.270 e. The van der Waals surface area contributed by atoms with Crippen LogP contribution in [0.25, 0.3) is 10.8 Å². The number of phenols is 1. The number of carbonyl (C=O) groups is 1. The molecular weight excluding hydrogens is 324 g/mol. The van der Waals surface area contributed by atoms with Crippen molar-refractivity contribution in [2.24, 2.45) is 0 Å². The minimum Gasteiger partial charge on any atom is -0.508 e. The molecule has 2 heterocycles. The highest BCUT2D eigenvalue weighted by Crippen LogP contribution is 2.25. The fourth-order valence-electron chi connectivity index (χ4n) is 2.29. The second kappa shape index (κ2) is 7.31. The van der Waals surface area contributed by atoms with Crippen LogP contribution in [0.15, 0.2) is 46.2 Å². The highest BCUT2D eigenvalue weighted by atomic mass is 32.1. The third kappa shape index (κ3) is 4.02. The normalized spacial score (nSPS) is 10.7. The molecule has 1 amide bonds. The lowest BCUT2D eigenvalue weighted by Crippen LogP contribution is -2.25. The van der Waals surface area contributed by atoms with E-state index >= 15 is 0 Å². The molecule has 6 heteroatoms. The number of amides is 1. The monoisotopic (exact) mass is 342 g/mol. The van der Waals surface area contributed by atoms with Gasteiger partial charge in [0.25, 0.3) is 5.91 Å². The fraction of sp³-hybridized carbons (Fsp3) is 0.222. The third-order valence-electron chi connectivity index (χ3n) is 3.55. The van der Waals surface area contributed by atoms with Crippen molar-refractivity contribution in [1.82, 2.24) is 10.3 Å². The van der Waals surface area contributed by atoms with Crippen LogP contribution in [-0.4, -0.2) is 22.5 Å². The molecule has 0 unspecified atom stereocenters. The number of aromatic nitrogens is 1. The summed E-state index contributed by atoms with van der Waals surface area (Å²) in [6, 6.07) is 10.8. The van der Waals surface area contributed by atoms with E-state index in [-0.39, 0.29) is 11.7 Å². The molecule has 0 radical (unpaired) electrons. The lowest BCUT2D eigenvalue weighted by molar-refractivity contribution is 0.0949. The molecule has 0 aliphatic rings. The van der Waals surface area contributed by atoms with Gasteiger partial charge in [-0.15, -0.1) is 11.3 Å². The molecule has 5 nitrogen and oxygen atoms in total. The summed E-state index contributed by atoms with van der Waals surface area (Å²) in [6.07, 6.45) is 1.67. The minimum absolute atomic E-state index is 0.175. The quantitative estimate of drug-likeness (QED) is 0.669. The second-order valence-corrected chi connectivity index (χ2v) is 6.33. The highest BCUT2D eigenvalue weighted by Gasteiger charge is 2.13. The van der Waals surface area contributed by atoms with Crippen LogP contribution >= 0.6 is 11.3 Å². The van der Waals surface area contributed by atoms with Crippen LogP contribution in [0.4, 0.5) is 0 Å². The van der Waals surface area contributed by atoms with Gasteiger partial charge < -0.3 is 14.8 Å². The van der Waals surface area contributed by atoms with Crippen LogP contribution in [0.5, 0.6) is 5.75 Å². The van der Waals surface area contributed by atoms with Gasteiger partial charge in [-0.05, 0) is 49.6 Å². The van der Waals surface area contributed by atoms with Gasteiger partial charge in [-0.1, -0.05) is 12.1 Å². The first-order chi connectivity index (χ1) is 11.6. The van der Waals surface area contributed by atoms with Crippen LogP contribution in [0.2, 0.25) is 0 Å². The molecule has 1 aromatic carbocycles. The summed E-state index contributed by atoms with van der Waals surface area (Å²) in [4.78, 5) is 16.4. The Bertz CT molecular complexity index is 821. The van der Waals surface area contributed by atoms with Crippen LogP contribution in [0.3, 0.4) is 0 Å². The minimum atomic E-state index is -0.175. The number of furan rings is 1. The van der Waals surface area contributed by atoms with Gasteiger partial charge in [-0.3, -0.25) is 4.79 Å². The summed E-state index contributed by atoms with van der Waals surface area (Å²) >= 11 is 1.39. The summed E-state index contributed by atoms with van der Waals surface area (Å²) in [5.74, 6) is 1.59. The number of phenolic OH excluding ortho intramolecular Hbond substituents is 1. The standard InChI is InChI=1S/C18H18N2O3S/c1-12-4-9-16(23-12)18-20-15(11-24-18)17(22)19-10-2-3-13-5-7-14(21)8-6-13/h4-9,11,21H,2-3,10H2,1H3,(H,19,22). The molecule has 2 aromatic heterocycles. The van der Waals surface area contributed by atoms with Crippen molar-refractivity contribution >= 4 is 17.2 Å². The number of aromatic hydroxyl groups is 1. The first-order valence-electron chi connectivity index (χ1n) is 7.70. The first-order valence-corrected chi connectivity index (χ1v) is 8.58. The summed E-state index contributed by atoms with van der Waals surface area (Å²) in [5.41, 5.74) is 1.54. The van der Waals surface area contributed by atoms with E-state index in [0.29, 0.717) is 23.0 Å². The van der Waals surface area contributed by atoms with E-state index in [0.717, 1.165) is 24.2 Å². The van der Waals surface area contributed by atoms with Gasteiger partial charge >= 0.3 is 0 Å². The topological polar surface area (TPSA) is 75.4 Å². The summed E-state index contributed by atoms with van der Waals surface area (Å²) < 4.78 is 5.52. The molecule has 124 valence electrons. The van der Waals surface area contributed by atoms with Crippen molar-refractivity contribution < 1.29 is 14.3 Å². The Morgan fingerprint density at radius 1 is 1.25 bits per heavy atom. The third-order valence-corrected chi connectivity index (χ3v) is 4.41. The molecule has 2 N–H and O–H groups in total. The molecule has 0 saturated heterocycles. The number of rotatable bonds is 6. The Balaban J connectivity index is 1.48. The highest BCUT2D eigenvalue weighted by molar-refractivity contribution is 7.13. The van der Waals surface area contributed by atoms with E-state index in [1.54, 1.807) is 17.5 Å². The number of thiazole rings is 1. The molecule has 0 aliphatic heterocycles. The van der Waals surface area contributed by atoms with Gasteiger partial charge in [-0.2, -0.15) is 0 Å². The Labute approximate surface area is 144 Å². The van der Waals surface area contributed by atoms with Gasteiger partial charge in [0.05, 0.1) is 0 Å². The molecule has 3 aromatic rings. The average Bonchev–Trinajstić information content (AvgIpc) is 3.22. The fourth-order valence-corrected chi connectivity index (χ4v) is 3.05. The van der Waals surface area contributed by atoms with Gasteiger partial charge in [0.15, 0.2) is 10.8 Å². The molecule has 0 saturated carbocycles. The zero-order chi connectivity index (χ0) is 16.9. The van der Waals surface area contributed by atoms with Gasteiger partial charge in [0.2, 0.25) is 0 Å². The van der Waals surface area contributed by atoms with Crippen molar-refractivity contribution in [1.29, 1.82) is 0 Å². The van der Waals surface area contributed by atoms with Crippen LogP contribution in [-0.2, 0) is 6.42 Å². The van der Waals surface area contributed by atoms with E-state index in [1.807, 2.05) is 31.2 Å². The lowest BCUT2D eigenvalue weighted by atomic mass is 10.1. The number of carbonyl (C=O) groups excluding carboxylic acids is 1. The maximum absolute atomic E-state index is 12.1. The molecule has 24 heavy (non-hydrogen) atoms. The number of benzene rings is 1. The van der Waals surface area contributed by atoms with Crippen LogP contribution in [0, 0.1) is 6.92 Å². The Kier molecular flexibility index (Phi) is 4.96. The van der Waals surface area contributed by atoms with Crippen molar-refractivity contribution in [2.75, 3.05) is 6.54 Å².